The van der Waals surface area contributed by atoms with Crippen LogP contribution in [-0.4, -0.2) is 14.9 Å². The molecule has 0 saturated carbocycles. The maximum atomic E-state index is 11.5. The van der Waals surface area contributed by atoms with Crippen LogP contribution in [-0.2, 0) is 0 Å². The number of benzene rings is 3. The zero-order valence-electron chi connectivity index (χ0n) is 12.9. The topological polar surface area (TPSA) is 71.8 Å². The van der Waals surface area contributed by atoms with Crippen LogP contribution in [0.1, 0.15) is 0 Å². The van der Waals surface area contributed by atoms with Gasteiger partial charge in [-0.2, -0.15) is 0 Å². The van der Waals surface area contributed by atoms with Gasteiger partial charge in [-0.1, -0.05) is 41.9 Å². The van der Waals surface area contributed by atoms with Crippen molar-refractivity contribution in [3.05, 3.63) is 81.9 Å². The van der Waals surface area contributed by atoms with Gasteiger partial charge in [-0.25, -0.2) is 4.98 Å². The highest BCUT2D eigenvalue weighted by atomic mass is 35.5. The number of aromatic amines is 1. The van der Waals surface area contributed by atoms with Gasteiger partial charge in [-0.05, 0) is 35.9 Å². The summed E-state index contributed by atoms with van der Waals surface area (Å²) in [6.45, 7) is 0. The summed E-state index contributed by atoms with van der Waals surface area (Å²) in [5.41, 5.74) is 3.49. The fourth-order valence-corrected chi connectivity index (χ4v) is 2.98. The summed E-state index contributed by atoms with van der Waals surface area (Å²) < 4.78 is 0. The Balaban J connectivity index is 1.98. The standard InChI is InChI=1S/C19H12ClN3O2/c20-14-8-6-13(7-9-14)19-21-15-10-11-16(23(24)25)17(18(15)22-19)12-4-2-1-3-5-12/h1-11H,(H,21,22). The molecule has 122 valence electrons. The number of nitro benzene ring substituents is 1. The predicted octanol–water partition coefficient (Wildman–Crippen LogP) is 5.46. The summed E-state index contributed by atoms with van der Waals surface area (Å²) in [4.78, 5) is 19.0. The van der Waals surface area contributed by atoms with Gasteiger partial charge in [-0.3, -0.25) is 10.1 Å². The second-order valence-corrected chi connectivity index (χ2v) is 6.01. The Bertz CT molecular complexity index is 1070. The van der Waals surface area contributed by atoms with Crippen molar-refractivity contribution in [3.63, 3.8) is 0 Å². The van der Waals surface area contributed by atoms with Crippen molar-refractivity contribution in [1.82, 2.24) is 9.97 Å². The molecule has 4 rings (SSSR count). The first kappa shape index (κ1) is 15.4. The van der Waals surface area contributed by atoms with E-state index in [0.717, 1.165) is 16.6 Å². The Morgan fingerprint density at radius 2 is 1.64 bits per heavy atom. The van der Waals surface area contributed by atoms with Crippen molar-refractivity contribution >= 4 is 28.3 Å². The Morgan fingerprint density at radius 3 is 2.32 bits per heavy atom. The molecular formula is C19H12ClN3O2. The smallest absolute Gasteiger partial charge is 0.279 e. The molecule has 3 aromatic carbocycles. The zero-order valence-corrected chi connectivity index (χ0v) is 13.7. The molecule has 0 aliphatic heterocycles. The van der Waals surface area contributed by atoms with Crippen molar-refractivity contribution in [3.8, 4) is 22.5 Å². The van der Waals surface area contributed by atoms with Gasteiger partial charge in [0.25, 0.3) is 5.69 Å². The normalized spacial score (nSPS) is 10.9. The third kappa shape index (κ3) is 2.75. The Morgan fingerprint density at radius 1 is 0.920 bits per heavy atom. The molecular weight excluding hydrogens is 338 g/mol. The molecule has 1 aromatic heterocycles. The minimum absolute atomic E-state index is 0.0351. The van der Waals surface area contributed by atoms with Crippen molar-refractivity contribution in [1.29, 1.82) is 0 Å². The quantitative estimate of drug-likeness (QED) is 0.394. The maximum absolute atomic E-state index is 11.5. The van der Waals surface area contributed by atoms with E-state index in [2.05, 4.69) is 9.97 Å². The summed E-state index contributed by atoms with van der Waals surface area (Å²) >= 11 is 5.93. The molecule has 0 aliphatic rings. The molecule has 0 aliphatic carbocycles. The van der Waals surface area contributed by atoms with Gasteiger partial charge in [-0.15, -0.1) is 0 Å². The number of imidazole rings is 1. The molecule has 0 spiro atoms. The van der Waals surface area contributed by atoms with E-state index in [4.69, 9.17) is 11.6 Å². The SMILES string of the molecule is O=[N+]([O-])c1ccc2[nH]c(-c3ccc(Cl)cc3)nc2c1-c1ccccc1. The van der Waals surface area contributed by atoms with Crippen molar-refractivity contribution in [2.45, 2.75) is 0 Å². The first-order valence-electron chi connectivity index (χ1n) is 7.62. The number of nitrogens with one attached hydrogen (secondary N) is 1. The van der Waals surface area contributed by atoms with E-state index in [-0.39, 0.29) is 10.6 Å². The number of aromatic nitrogens is 2. The number of H-pyrrole nitrogens is 1. The summed E-state index contributed by atoms with van der Waals surface area (Å²) in [6, 6.07) is 19.7. The number of nitro groups is 1. The molecule has 0 bridgehead atoms. The van der Waals surface area contributed by atoms with Gasteiger partial charge in [0.1, 0.15) is 11.3 Å². The van der Waals surface area contributed by atoms with Crippen LogP contribution in [0, 0.1) is 10.1 Å². The molecule has 0 atom stereocenters. The largest absolute Gasteiger partial charge is 0.338 e. The minimum atomic E-state index is -0.377. The lowest BCUT2D eigenvalue weighted by molar-refractivity contribution is -0.384. The van der Waals surface area contributed by atoms with Gasteiger partial charge in [0.05, 0.1) is 16.0 Å². The summed E-state index contributed by atoms with van der Waals surface area (Å²) in [5, 5.41) is 12.1. The van der Waals surface area contributed by atoms with E-state index in [1.807, 2.05) is 42.5 Å². The third-order valence-corrected chi connectivity index (χ3v) is 4.26. The van der Waals surface area contributed by atoms with Crippen LogP contribution in [0.4, 0.5) is 5.69 Å². The fourth-order valence-electron chi connectivity index (χ4n) is 2.85. The molecule has 1 heterocycles. The lowest BCUT2D eigenvalue weighted by Gasteiger charge is -2.04. The molecule has 25 heavy (non-hydrogen) atoms. The van der Waals surface area contributed by atoms with Crippen LogP contribution in [0.3, 0.4) is 0 Å². The molecule has 4 aromatic rings. The second-order valence-electron chi connectivity index (χ2n) is 5.57. The maximum Gasteiger partial charge on any atom is 0.279 e. The van der Waals surface area contributed by atoms with Crippen LogP contribution >= 0.6 is 11.6 Å². The number of hydrogen-bond donors (Lipinski definition) is 1. The average molecular weight is 350 g/mol. The summed E-state index contributed by atoms with van der Waals surface area (Å²) in [7, 11) is 0. The number of fused-ring (bicyclic) bond motifs is 1. The third-order valence-electron chi connectivity index (χ3n) is 4.01. The molecule has 0 radical (unpaired) electrons. The van der Waals surface area contributed by atoms with Gasteiger partial charge >= 0.3 is 0 Å². The van der Waals surface area contributed by atoms with Crippen LogP contribution in [0.15, 0.2) is 66.7 Å². The monoisotopic (exact) mass is 349 g/mol. The fraction of sp³-hybridized carbons (Fsp3) is 0. The van der Waals surface area contributed by atoms with Crippen molar-refractivity contribution < 1.29 is 4.92 Å². The number of halogens is 1. The number of nitrogens with zero attached hydrogens (tertiary/aromatic N) is 2. The molecule has 0 unspecified atom stereocenters. The van der Waals surface area contributed by atoms with Crippen LogP contribution in [0.5, 0.6) is 0 Å². The summed E-state index contributed by atoms with van der Waals surface area (Å²) in [6.07, 6.45) is 0. The molecule has 0 fully saturated rings. The van der Waals surface area contributed by atoms with E-state index in [1.54, 1.807) is 18.2 Å². The van der Waals surface area contributed by atoms with Gasteiger partial charge < -0.3 is 4.98 Å². The number of rotatable bonds is 3. The van der Waals surface area contributed by atoms with Gasteiger partial charge in [0, 0.05) is 16.7 Å². The Hall–Kier alpha value is -3.18. The highest BCUT2D eigenvalue weighted by molar-refractivity contribution is 6.30. The van der Waals surface area contributed by atoms with Gasteiger partial charge in [0.15, 0.2) is 0 Å². The predicted molar refractivity (Wildman–Crippen MR) is 98.6 cm³/mol. The first-order chi connectivity index (χ1) is 12.1. The number of hydrogen-bond acceptors (Lipinski definition) is 3. The first-order valence-corrected chi connectivity index (χ1v) is 8.00. The Labute approximate surface area is 148 Å². The van der Waals surface area contributed by atoms with Crippen molar-refractivity contribution in [2.75, 3.05) is 0 Å². The molecule has 5 nitrogen and oxygen atoms in total. The average Bonchev–Trinajstić information content (AvgIpc) is 3.06. The van der Waals surface area contributed by atoms with E-state index in [1.165, 1.54) is 6.07 Å². The molecule has 1 N–H and O–H groups in total. The lowest BCUT2D eigenvalue weighted by Crippen LogP contribution is -1.93. The van der Waals surface area contributed by atoms with E-state index >= 15 is 0 Å². The molecule has 6 heteroatoms. The Kier molecular flexibility index (Phi) is 3.71. The lowest BCUT2D eigenvalue weighted by atomic mass is 10.0. The minimum Gasteiger partial charge on any atom is -0.338 e. The molecule has 0 amide bonds. The zero-order chi connectivity index (χ0) is 17.4. The van der Waals surface area contributed by atoms with E-state index in [9.17, 15) is 10.1 Å². The second kappa shape index (κ2) is 6.03. The van der Waals surface area contributed by atoms with Crippen molar-refractivity contribution in [2.24, 2.45) is 0 Å². The van der Waals surface area contributed by atoms with Crippen LogP contribution in [0.25, 0.3) is 33.5 Å². The highest BCUT2D eigenvalue weighted by Crippen LogP contribution is 2.36. The van der Waals surface area contributed by atoms with E-state index < -0.39 is 0 Å². The van der Waals surface area contributed by atoms with Crippen LogP contribution in [0.2, 0.25) is 5.02 Å². The van der Waals surface area contributed by atoms with Gasteiger partial charge in [0.2, 0.25) is 0 Å². The van der Waals surface area contributed by atoms with Crippen LogP contribution < -0.4 is 0 Å². The van der Waals surface area contributed by atoms with E-state index in [0.29, 0.717) is 21.9 Å². The molecule has 0 saturated heterocycles. The summed E-state index contributed by atoms with van der Waals surface area (Å²) in [5.74, 6) is 0.643. The highest BCUT2D eigenvalue weighted by Gasteiger charge is 2.21.